The average Bonchev–Trinajstić information content (AvgIpc) is 3.04. The summed E-state index contributed by atoms with van der Waals surface area (Å²) < 4.78 is 10.5. The van der Waals surface area contributed by atoms with Crippen molar-refractivity contribution in [2.24, 2.45) is 5.10 Å². The molecule has 3 rings (SSSR count). The molecule has 8 nitrogen and oxygen atoms in total. The summed E-state index contributed by atoms with van der Waals surface area (Å²) in [7, 11) is 0. The van der Waals surface area contributed by atoms with Crippen LogP contribution in [0.3, 0.4) is 0 Å². The lowest BCUT2D eigenvalue weighted by molar-refractivity contribution is 0.0954. The number of phenols is 3. The Kier molecular flexibility index (Phi) is 3.87. The molecule has 0 atom stereocenters. The van der Waals surface area contributed by atoms with Crippen LogP contribution >= 0.6 is 0 Å². The van der Waals surface area contributed by atoms with Gasteiger partial charge < -0.3 is 24.8 Å². The molecule has 0 saturated carbocycles. The second-order valence-electron chi connectivity index (χ2n) is 5.07. The second kappa shape index (κ2) is 5.99. The highest BCUT2D eigenvalue weighted by atomic mass is 16.7. The summed E-state index contributed by atoms with van der Waals surface area (Å²) in [5, 5.41) is 32.1. The highest BCUT2D eigenvalue weighted by molar-refractivity contribution is 6.01. The minimum absolute atomic E-state index is 0.0509. The van der Waals surface area contributed by atoms with Crippen LogP contribution in [0.15, 0.2) is 35.4 Å². The van der Waals surface area contributed by atoms with Crippen molar-refractivity contribution < 1.29 is 29.6 Å². The van der Waals surface area contributed by atoms with Crippen molar-refractivity contribution in [2.75, 3.05) is 6.79 Å². The minimum atomic E-state index is -0.688. The number of phenolic OH excluding ortho intramolecular Hbond substituents is 3. The van der Waals surface area contributed by atoms with Crippen LogP contribution in [-0.2, 0) is 0 Å². The number of ether oxygens (including phenoxy) is 2. The number of carbonyl (C=O) groups is 1. The Morgan fingerprint density at radius 3 is 2.42 bits per heavy atom. The number of nitrogens with zero attached hydrogens (tertiary/aromatic N) is 1. The average molecular weight is 330 g/mol. The molecule has 0 unspecified atom stereocenters. The predicted octanol–water partition coefficient (Wildman–Crippen LogP) is 1.69. The van der Waals surface area contributed by atoms with Gasteiger partial charge in [0.05, 0.1) is 5.71 Å². The van der Waals surface area contributed by atoms with E-state index in [0.717, 1.165) is 17.7 Å². The lowest BCUT2D eigenvalue weighted by atomic mass is 10.1. The molecule has 0 saturated heterocycles. The summed E-state index contributed by atoms with van der Waals surface area (Å²) in [5.41, 5.74) is 3.52. The van der Waals surface area contributed by atoms with Gasteiger partial charge in [0.1, 0.15) is 0 Å². The van der Waals surface area contributed by atoms with Crippen LogP contribution < -0.4 is 14.9 Å². The Morgan fingerprint density at radius 1 is 1.04 bits per heavy atom. The van der Waals surface area contributed by atoms with Crippen LogP contribution in [0.5, 0.6) is 28.7 Å². The molecule has 0 bridgehead atoms. The maximum Gasteiger partial charge on any atom is 0.271 e. The molecular weight excluding hydrogens is 316 g/mol. The molecule has 0 aliphatic carbocycles. The summed E-state index contributed by atoms with van der Waals surface area (Å²) in [6.45, 7) is 1.86. The first-order valence-corrected chi connectivity index (χ1v) is 6.95. The van der Waals surface area contributed by atoms with E-state index in [4.69, 9.17) is 9.47 Å². The molecule has 8 heteroatoms. The van der Waals surface area contributed by atoms with Crippen molar-refractivity contribution in [2.45, 2.75) is 6.92 Å². The Morgan fingerprint density at radius 2 is 1.71 bits per heavy atom. The molecule has 4 N–H and O–H groups in total. The van der Waals surface area contributed by atoms with E-state index >= 15 is 0 Å². The van der Waals surface area contributed by atoms with Gasteiger partial charge in [-0.05, 0) is 37.3 Å². The first-order valence-electron chi connectivity index (χ1n) is 6.95. The van der Waals surface area contributed by atoms with Crippen molar-refractivity contribution in [1.29, 1.82) is 0 Å². The topological polar surface area (TPSA) is 121 Å². The van der Waals surface area contributed by atoms with Gasteiger partial charge in [0.25, 0.3) is 5.91 Å². The van der Waals surface area contributed by atoms with Gasteiger partial charge in [-0.15, -0.1) is 0 Å². The summed E-state index contributed by atoms with van der Waals surface area (Å²) in [4.78, 5) is 12.0. The second-order valence-corrected chi connectivity index (χ2v) is 5.07. The van der Waals surface area contributed by atoms with Crippen LogP contribution in [0, 0.1) is 0 Å². The molecule has 0 aromatic heterocycles. The fourth-order valence-corrected chi connectivity index (χ4v) is 2.12. The molecule has 24 heavy (non-hydrogen) atoms. The smallest absolute Gasteiger partial charge is 0.271 e. The third-order valence-electron chi connectivity index (χ3n) is 3.45. The number of fused-ring (bicyclic) bond motifs is 1. The van der Waals surface area contributed by atoms with Crippen LogP contribution in [0.1, 0.15) is 22.8 Å². The Labute approximate surface area is 136 Å². The monoisotopic (exact) mass is 330 g/mol. The number of benzene rings is 2. The van der Waals surface area contributed by atoms with Gasteiger partial charge in [0, 0.05) is 11.1 Å². The highest BCUT2D eigenvalue weighted by Gasteiger charge is 2.15. The van der Waals surface area contributed by atoms with E-state index in [1.54, 1.807) is 25.1 Å². The summed E-state index contributed by atoms with van der Waals surface area (Å²) in [5.74, 6) is -1.30. The molecule has 124 valence electrons. The fourth-order valence-electron chi connectivity index (χ4n) is 2.12. The molecule has 2 aromatic carbocycles. The summed E-state index contributed by atoms with van der Waals surface area (Å²) in [6.07, 6.45) is 0. The first kappa shape index (κ1) is 15.5. The van der Waals surface area contributed by atoms with Gasteiger partial charge in [0.15, 0.2) is 28.7 Å². The SMILES string of the molecule is CC(=NNC(=O)c1cc(O)c(O)c(O)c1)c1ccc2c(c1)OCO2. The molecule has 0 spiro atoms. The zero-order valence-corrected chi connectivity index (χ0v) is 12.6. The Bertz CT molecular complexity index is 823. The van der Waals surface area contributed by atoms with Crippen molar-refractivity contribution >= 4 is 11.6 Å². The summed E-state index contributed by atoms with van der Waals surface area (Å²) in [6, 6.07) is 7.31. The molecule has 1 aliphatic heterocycles. The molecule has 0 fully saturated rings. The number of hydrogen-bond acceptors (Lipinski definition) is 7. The zero-order chi connectivity index (χ0) is 17.3. The van der Waals surface area contributed by atoms with Crippen LogP contribution in [0.25, 0.3) is 0 Å². The Balaban J connectivity index is 1.76. The third-order valence-corrected chi connectivity index (χ3v) is 3.45. The number of nitrogens with one attached hydrogen (secondary N) is 1. The number of amides is 1. The van der Waals surface area contributed by atoms with E-state index in [1.807, 2.05) is 0 Å². The van der Waals surface area contributed by atoms with Gasteiger partial charge >= 0.3 is 0 Å². The standard InChI is InChI=1S/C16H14N2O6/c1-8(9-2-3-13-14(6-9)24-7-23-13)17-18-16(22)10-4-11(19)15(21)12(20)5-10/h2-6,19-21H,7H2,1H3,(H,18,22). The molecule has 1 amide bonds. The lowest BCUT2D eigenvalue weighted by Crippen LogP contribution is -2.19. The van der Waals surface area contributed by atoms with E-state index in [2.05, 4.69) is 10.5 Å². The van der Waals surface area contributed by atoms with E-state index in [9.17, 15) is 20.1 Å². The van der Waals surface area contributed by atoms with E-state index in [1.165, 1.54) is 0 Å². The van der Waals surface area contributed by atoms with Crippen LogP contribution in [-0.4, -0.2) is 33.7 Å². The first-order chi connectivity index (χ1) is 11.5. The van der Waals surface area contributed by atoms with Crippen LogP contribution in [0.2, 0.25) is 0 Å². The minimum Gasteiger partial charge on any atom is -0.504 e. The lowest BCUT2D eigenvalue weighted by Gasteiger charge is -2.06. The van der Waals surface area contributed by atoms with Crippen molar-refractivity contribution in [1.82, 2.24) is 5.43 Å². The maximum atomic E-state index is 12.0. The van der Waals surface area contributed by atoms with E-state index < -0.39 is 23.2 Å². The third kappa shape index (κ3) is 2.89. The molecular formula is C16H14N2O6. The number of hydrazone groups is 1. The highest BCUT2D eigenvalue weighted by Crippen LogP contribution is 2.35. The number of aromatic hydroxyl groups is 3. The quantitative estimate of drug-likeness (QED) is 0.386. The maximum absolute atomic E-state index is 12.0. The molecule has 1 aliphatic rings. The van der Waals surface area contributed by atoms with Gasteiger partial charge in [-0.1, -0.05) is 0 Å². The normalized spacial score (nSPS) is 13.0. The molecule has 2 aromatic rings. The van der Waals surface area contributed by atoms with Gasteiger partial charge in [-0.3, -0.25) is 4.79 Å². The summed E-state index contributed by atoms with van der Waals surface area (Å²) >= 11 is 0. The molecule has 0 radical (unpaired) electrons. The van der Waals surface area contributed by atoms with E-state index in [-0.39, 0.29) is 12.4 Å². The largest absolute Gasteiger partial charge is 0.504 e. The fraction of sp³-hybridized carbons (Fsp3) is 0.125. The van der Waals surface area contributed by atoms with Crippen LogP contribution in [0.4, 0.5) is 0 Å². The van der Waals surface area contributed by atoms with Crippen molar-refractivity contribution in [3.8, 4) is 28.7 Å². The molecule has 1 heterocycles. The van der Waals surface area contributed by atoms with Crippen molar-refractivity contribution in [3.05, 3.63) is 41.5 Å². The van der Waals surface area contributed by atoms with Gasteiger partial charge in [-0.2, -0.15) is 5.10 Å². The van der Waals surface area contributed by atoms with Gasteiger partial charge in [0.2, 0.25) is 6.79 Å². The Hall–Kier alpha value is -3.42. The number of carbonyl (C=O) groups excluding carboxylic acids is 1. The predicted molar refractivity (Wildman–Crippen MR) is 83.7 cm³/mol. The number of hydrogen-bond donors (Lipinski definition) is 4. The number of rotatable bonds is 3. The zero-order valence-electron chi connectivity index (χ0n) is 12.6. The van der Waals surface area contributed by atoms with Gasteiger partial charge in [-0.25, -0.2) is 5.43 Å². The van der Waals surface area contributed by atoms with E-state index in [0.29, 0.717) is 17.2 Å². The van der Waals surface area contributed by atoms with Crippen molar-refractivity contribution in [3.63, 3.8) is 0 Å².